The molecule has 1 aromatic rings. The Morgan fingerprint density at radius 1 is 1.30 bits per heavy atom. The van der Waals surface area contributed by atoms with Gasteiger partial charge in [0.1, 0.15) is 0 Å². The first-order chi connectivity index (χ1) is 12.9. The van der Waals surface area contributed by atoms with E-state index < -0.39 is 27.9 Å². The molecule has 9 heteroatoms. The quantitative estimate of drug-likeness (QED) is 0.480. The number of carboxylic acid groups (broad SMARTS) is 1. The lowest BCUT2D eigenvalue weighted by Crippen LogP contribution is -2.44. The summed E-state index contributed by atoms with van der Waals surface area (Å²) in [5.41, 5.74) is 0.0723. The molecule has 2 N–H and O–H groups in total. The van der Waals surface area contributed by atoms with E-state index in [2.05, 4.69) is 11.9 Å². The largest absolute Gasteiger partial charge is 0.480 e. The highest BCUT2D eigenvalue weighted by molar-refractivity contribution is 7.89. The Bertz CT molecular complexity index is 787. The van der Waals surface area contributed by atoms with Gasteiger partial charge in [0.2, 0.25) is 10.0 Å². The van der Waals surface area contributed by atoms with Crippen molar-refractivity contribution in [1.29, 1.82) is 0 Å². The number of hydrogen-bond acceptors (Lipinski definition) is 5. The summed E-state index contributed by atoms with van der Waals surface area (Å²) in [4.78, 5) is 23.7. The molecule has 8 nitrogen and oxygen atoms in total. The monoisotopic (exact) mass is 396 g/mol. The smallest absolute Gasteiger partial charge is 0.328 e. The summed E-state index contributed by atoms with van der Waals surface area (Å²) in [5, 5.41) is 11.5. The third kappa shape index (κ3) is 5.62. The van der Waals surface area contributed by atoms with Crippen LogP contribution in [-0.2, 0) is 19.6 Å². The van der Waals surface area contributed by atoms with Crippen molar-refractivity contribution in [3.8, 4) is 0 Å². The number of carbonyl (C=O) groups is 2. The molecule has 1 aliphatic rings. The minimum atomic E-state index is -3.68. The Morgan fingerprint density at radius 3 is 2.63 bits per heavy atom. The van der Waals surface area contributed by atoms with Gasteiger partial charge in [-0.3, -0.25) is 4.79 Å². The second-order valence-electron chi connectivity index (χ2n) is 6.18. The average Bonchev–Trinajstić information content (AvgIpc) is 2.68. The van der Waals surface area contributed by atoms with Gasteiger partial charge in [0, 0.05) is 18.7 Å². The number of rotatable bonds is 9. The van der Waals surface area contributed by atoms with Gasteiger partial charge >= 0.3 is 5.97 Å². The molecule has 0 aromatic heterocycles. The van der Waals surface area contributed by atoms with E-state index >= 15 is 0 Å². The van der Waals surface area contributed by atoms with Gasteiger partial charge in [0.15, 0.2) is 6.04 Å². The molecule has 27 heavy (non-hydrogen) atoms. The van der Waals surface area contributed by atoms with Crippen molar-refractivity contribution in [1.82, 2.24) is 9.62 Å². The van der Waals surface area contributed by atoms with Crippen molar-refractivity contribution in [2.75, 3.05) is 26.3 Å². The second-order valence-corrected chi connectivity index (χ2v) is 8.12. The van der Waals surface area contributed by atoms with Crippen LogP contribution in [0.15, 0.2) is 41.8 Å². The Balaban J connectivity index is 2.14. The van der Waals surface area contributed by atoms with Gasteiger partial charge in [0.05, 0.1) is 18.1 Å². The van der Waals surface area contributed by atoms with Gasteiger partial charge in [0.25, 0.3) is 5.91 Å². The number of benzene rings is 1. The van der Waals surface area contributed by atoms with E-state index in [1.165, 1.54) is 34.6 Å². The van der Waals surface area contributed by atoms with E-state index in [0.29, 0.717) is 13.1 Å². The zero-order valence-electron chi connectivity index (χ0n) is 15.0. The van der Waals surface area contributed by atoms with Crippen LogP contribution in [-0.4, -0.2) is 62.1 Å². The predicted octanol–water partition coefficient (Wildman–Crippen LogP) is 1.25. The molecule has 0 radical (unpaired) electrons. The van der Waals surface area contributed by atoms with E-state index in [1.807, 2.05) is 0 Å². The Hall–Kier alpha value is -2.23. The van der Waals surface area contributed by atoms with Gasteiger partial charge in [-0.25, -0.2) is 13.2 Å². The maximum absolute atomic E-state index is 12.7. The first kappa shape index (κ1) is 21.1. The molecule has 1 aromatic carbocycles. The molecular weight excluding hydrogens is 372 g/mol. The second kappa shape index (κ2) is 9.63. The Morgan fingerprint density at radius 2 is 2.00 bits per heavy atom. The lowest BCUT2D eigenvalue weighted by atomic mass is 10.2. The van der Waals surface area contributed by atoms with Crippen molar-refractivity contribution < 1.29 is 27.9 Å². The molecular formula is C18H24N2O6S. The van der Waals surface area contributed by atoms with E-state index in [4.69, 9.17) is 4.74 Å². The number of hydrogen-bond donors (Lipinski definition) is 2. The van der Waals surface area contributed by atoms with E-state index in [-0.39, 0.29) is 23.7 Å². The number of ether oxygens (including phenoxy) is 1. The zero-order chi connectivity index (χ0) is 19.9. The number of aliphatic carboxylic acids is 1. The standard InChI is InChI=1S/C18H24N2O6S/c1-2-11-26-13-16(18(22)23)19-17(21)14-7-6-8-15(12-14)27(24,25)20-9-4-3-5-10-20/h2,6-8,12,16H,1,3-5,9-11,13H2,(H,19,21)(H,22,23). The number of carbonyl (C=O) groups excluding carboxylic acids is 1. The summed E-state index contributed by atoms with van der Waals surface area (Å²) in [6.07, 6.45) is 4.09. The minimum absolute atomic E-state index is 0.0202. The molecule has 1 aliphatic heterocycles. The Labute approximate surface area is 158 Å². The maximum atomic E-state index is 12.7. The van der Waals surface area contributed by atoms with Crippen LogP contribution in [0.3, 0.4) is 0 Å². The fraction of sp³-hybridized carbons (Fsp3) is 0.444. The first-order valence-electron chi connectivity index (χ1n) is 8.69. The van der Waals surface area contributed by atoms with Crippen molar-refractivity contribution >= 4 is 21.9 Å². The third-order valence-electron chi connectivity index (χ3n) is 4.17. The van der Waals surface area contributed by atoms with Gasteiger partial charge in [-0.2, -0.15) is 4.31 Å². The van der Waals surface area contributed by atoms with Crippen LogP contribution in [0.5, 0.6) is 0 Å². The van der Waals surface area contributed by atoms with Crippen LogP contribution < -0.4 is 5.32 Å². The lowest BCUT2D eigenvalue weighted by molar-refractivity contribution is -0.140. The number of sulfonamides is 1. The van der Waals surface area contributed by atoms with Crippen molar-refractivity contribution in [2.24, 2.45) is 0 Å². The summed E-state index contributed by atoms with van der Waals surface area (Å²) < 4.78 is 32.0. The van der Waals surface area contributed by atoms with E-state index in [9.17, 15) is 23.1 Å². The maximum Gasteiger partial charge on any atom is 0.328 e. The number of amides is 1. The fourth-order valence-electron chi connectivity index (χ4n) is 2.74. The highest BCUT2D eigenvalue weighted by atomic mass is 32.2. The molecule has 1 fully saturated rings. The molecule has 0 saturated carbocycles. The number of nitrogens with one attached hydrogen (secondary N) is 1. The van der Waals surface area contributed by atoms with Crippen LogP contribution in [0.1, 0.15) is 29.6 Å². The molecule has 2 rings (SSSR count). The van der Waals surface area contributed by atoms with E-state index in [1.54, 1.807) is 0 Å². The molecule has 1 saturated heterocycles. The summed E-state index contributed by atoms with van der Waals surface area (Å²) in [7, 11) is -3.68. The third-order valence-corrected chi connectivity index (χ3v) is 6.07. The van der Waals surface area contributed by atoms with Gasteiger partial charge in [-0.1, -0.05) is 18.6 Å². The normalized spacial score (nSPS) is 16.4. The average molecular weight is 396 g/mol. The molecule has 1 heterocycles. The predicted molar refractivity (Wildman–Crippen MR) is 99.0 cm³/mol. The van der Waals surface area contributed by atoms with Crippen molar-refractivity contribution in [3.63, 3.8) is 0 Å². The molecule has 0 spiro atoms. The van der Waals surface area contributed by atoms with Crippen LogP contribution >= 0.6 is 0 Å². The SMILES string of the molecule is C=CCOCC(NC(=O)c1cccc(S(=O)(=O)N2CCCCC2)c1)C(=O)O. The molecule has 0 bridgehead atoms. The molecule has 148 valence electrons. The van der Waals surface area contributed by atoms with Crippen LogP contribution in [0, 0.1) is 0 Å². The molecule has 1 amide bonds. The highest BCUT2D eigenvalue weighted by Gasteiger charge is 2.27. The van der Waals surface area contributed by atoms with Gasteiger partial charge in [-0.05, 0) is 31.0 Å². The van der Waals surface area contributed by atoms with Gasteiger partial charge < -0.3 is 15.2 Å². The molecule has 1 atom stereocenters. The fourth-order valence-corrected chi connectivity index (χ4v) is 4.30. The summed E-state index contributed by atoms with van der Waals surface area (Å²) in [6, 6.07) is 4.36. The summed E-state index contributed by atoms with van der Waals surface area (Å²) >= 11 is 0. The van der Waals surface area contributed by atoms with Crippen LogP contribution in [0.25, 0.3) is 0 Å². The number of nitrogens with zero attached hydrogens (tertiary/aromatic N) is 1. The van der Waals surface area contributed by atoms with Crippen molar-refractivity contribution in [3.05, 3.63) is 42.5 Å². The highest BCUT2D eigenvalue weighted by Crippen LogP contribution is 2.21. The minimum Gasteiger partial charge on any atom is -0.480 e. The molecule has 0 aliphatic carbocycles. The molecule has 1 unspecified atom stereocenters. The first-order valence-corrected chi connectivity index (χ1v) is 10.1. The zero-order valence-corrected chi connectivity index (χ0v) is 15.8. The summed E-state index contributed by atoms with van der Waals surface area (Å²) in [6.45, 7) is 4.31. The Kier molecular flexibility index (Phi) is 7.52. The van der Waals surface area contributed by atoms with E-state index in [0.717, 1.165) is 19.3 Å². The van der Waals surface area contributed by atoms with Gasteiger partial charge in [-0.15, -0.1) is 6.58 Å². The topological polar surface area (TPSA) is 113 Å². The number of piperidine rings is 1. The van der Waals surface area contributed by atoms with Crippen LogP contribution in [0.4, 0.5) is 0 Å². The number of carboxylic acids is 1. The van der Waals surface area contributed by atoms with Crippen molar-refractivity contribution in [2.45, 2.75) is 30.2 Å². The van der Waals surface area contributed by atoms with Crippen LogP contribution in [0.2, 0.25) is 0 Å². The lowest BCUT2D eigenvalue weighted by Gasteiger charge is -2.26. The summed E-state index contributed by atoms with van der Waals surface area (Å²) in [5.74, 6) is -1.93.